The van der Waals surface area contributed by atoms with E-state index in [0.717, 1.165) is 35.4 Å². The summed E-state index contributed by atoms with van der Waals surface area (Å²) in [5, 5.41) is 13.2. The van der Waals surface area contributed by atoms with Crippen LogP contribution >= 0.6 is 0 Å². The highest BCUT2D eigenvalue weighted by Crippen LogP contribution is 2.29. The van der Waals surface area contributed by atoms with Gasteiger partial charge in [0.1, 0.15) is 6.07 Å². The maximum absolute atomic E-state index is 9.14. The average molecular weight is 254 g/mol. The molecule has 19 heavy (non-hydrogen) atoms. The Labute approximate surface area is 113 Å². The fourth-order valence-corrected chi connectivity index (χ4v) is 2.32. The number of fused-ring (bicyclic) bond motifs is 1. The van der Waals surface area contributed by atoms with Crippen molar-refractivity contribution in [1.82, 2.24) is 4.98 Å². The van der Waals surface area contributed by atoms with Gasteiger partial charge in [0.05, 0.1) is 16.8 Å². The quantitative estimate of drug-likeness (QED) is 0.911. The van der Waals surface area contributed by atoms with Crippen molar-refractivity contribution in [2.45, 2.75) is 13.8 Å². The summed E-state index contributed by atoms with van der Waals surface area (Å²) in [5.41, 5.74) is 3.48. The molecule has 1 aromatic heterocycles. The first-order valence-electron chi connectivity index (χ1n) is 6.50. The minimum atomic E-state index is 0.576. The molecule has 0 fully saturated rings. The lowest BCUT2D eigenvalue weighted by molar-refractivity contribution is 0.867. The topological polar surface area (TPSA) is 52.0 Å². The molecule has 0 saturated heterocycles. The van der Waals surface area contributed by atoms with Crippen LogP contribution in [0.4, 0.5) is 11.4 Å². The Morgan fingerprint density at radius 2 is 2.05 bits per heavy atom. The van der Waals surface area contributed by atoms with E-state index in [9.17, 15) is 0 Å². The van der Waals surface area contributed by atoms with Gasteiger partial charge in [0.25, 0.3) is 0 Å². The highest BCUT2D eigenvalue weighted by Gasteiger charge is 2.09. The van der Waals surface area contributed by atoms with Crippen molar-refractivity contribution in [2.75, 3.05) is 30.4 Å². The monoisotopic (exact) mass is 254 g/mol. The molecule has 1 N–H and O–H groups in total. The molecule has 2 aromatic rings. The van der Waals surface area contributed by atoms with Crippen LogP contribution in [0.15, 0.2) is 24.4 Å². The number of hydrogen-bond donors (Lipinski definition) is 1. The number of rotatable bonds is 4. The molecule has 0 aliphatic carbocycles. The predicted molar refractivity (Wildman–Crippen MR) is 79.6 cm³/mol. The van der Waals surface area contributed by atoms with Gasteiger partial charge in [-0.25, -0.2) is 0 Å². The standard InChI is InChI=1S/C15H18N4/c1-4-19(5-2)12-6-7-14-13(8-12)15(17-3)11(9-16)10-18-14/h6-8,10H,4-5H2,1-3H3,(H,17,18). The molecule has 4 nitrogen and oxygen atoms in total. The van der Waals surface area contributed by atoms with Gasteiger partial charge in [-0.3, -0.25) is 4.98 Å². The number of nitrogens with zero attached hydrogens (tertiary/aromatic N) is 3. The van der Waals surface area contributed by atoms with Gasteiger partial charge < -0.3 is 10.2 Å². The van der Waals surface area contributed by atoms with Crippen molar-refractivity contribution in [3.63, 3.8) is 0 Å². The molecule has 4 heteroatoms. The van der Waals surface area contributed by atoms with Crippen molar-refractivity contribution in [3.8, 4) is 6.07 Å². The molecule has 0 aliphatic rings. The summed E-state index contributed by atoms with van der Waals surface area (Å²) in [6, 6.07) is 8.36. The van der Waals surface area contributed by atoms with Crippen LogP contribution < -0.4 is 10.2 Å². The molecule has 0 spiro atoms. The second-order valence-corrected chi connectivity index (χ2v) is 4.28. The third kappa shape index (κ3) is 2.32. The first kappa shape index (κ1) is 13.2. The number of nitrogens with one attached hydrogen (secondary N) is 1. The van der Waals surface area contributed by atoms with Crippen LogP contribution in [0.3, 0.4) is 0 Å². The minimum absolute atomic E-state index is 0.576. The van der Waals surface area contributed by atoms with E-state index in [2.05, 4.69) is 47.3 Å². The second kappa shape index (κ2) is 5.57. The largest absolute Gasteiger partial charge is 0.386 e. The van der Waals surface area contributed by atoms with E-state index >= 15 is 0 Å². The Kier molecular flexibility index (Phi) is 3.86. The molecule has 0 radical (unpaired) electrons. The van der Waals surface area contributed by atoms with Gasteiger partial charge in [-0.05, 0) is 32.0 Å². The number of aromatic nitrogens is 1. The van der Waals surface area contributed by atoms with Gasteiger partial charge in [-0.2, -0.15) is 5.26 Å². The Morgan fingerprint density at radius 3 is 2.63 bits per heavy atom. The van der Waals surface area contributed by atoms with Crippen LogP contribution in [0.5, 0.6) is 0 Å². The summed E-state index contributed by atoms with van der Waals surface area (Å²) in [7, 11) is 1.83. The summed E-state index contributed by atoms with van der Waals surface area (Å²) in [4.78, 5) is 6.61. The molecular formula is C15H18N4. The third-order valence-electron chi connectivity index (χ3n) is 3.35. The first-order valence-corrected chi connectivity index (χ1v) is 6.50. The number of benzene rings is 1. The van der Waals surface area contributed by atoms with E-state index < -0.39 is 0 Å². The smallest absolute Gasteiger partial charge is 0.103 e. The number of pyridine rings is 1. The zero-order valence-corrected chi connectivity index (χ0v) is 11.6. The summed E-state index contributed by atoms with van der Waals surface area (Å²) in [6.45, 7) is 6.19. The number of hydrogen-bond acceptors (Lipinski definition) is 4. The molecule has 0 unspecified atom stereocenters. The molecule has 1 aromatic carbocycles. The predicted octanol–water partition coefficient (Wildman–Crippen LogP) is 2.99. The molecule has 2 rings (SSSR count). The van der Waals surface area contributed by atoms with E-state index in [1.165, 1.54) is 0 Å². The normalized spacial score (nSPS) is 10.2. The van der Waals surface area contributed by atoms with Crippen LogP contribution in [0, 0.1) is 11.3 Å². The molecule has 0 atom stereocenters. The molecule has 0 bridgehead atoms. The summed E-state index contributed by atoms with van der Waals surface area (Å²) >= 11 is 0. The van der Waals surface area contributed by atoms with E-state index in [1.807, 2.05) is 13.1 Å². The highest BCUT2D eigenvalue weighted by atomic mass is 15.1. The molecule has 1 heterocycles. The lowest BCUT2D eigenvalue weighted by atomic mass is 10.1. The fourth-order valence-electron chi connectivity index (χ4n) is 2.32. The van der Waals surface area contributed by atoms with Crippen LogP contribution in [0.25, 0.3) is 10.9 Å². The molecule has 0 amide bonds. The summed E-state index contributed by atoms with van der Waals surface area (Å²) in [6.07, 6.45) is 1.62. The van der Waals surface area contributed by atoms with Crippen LogP contribution in [0.2, 0.25) is 0 Å². The van der Waals surface area contributed by atoms with Crippen molar-refractivity contribution in [3.05, 3.63) is 30.0 Å². The van der Waals surface area contributed by atoms with Gasteiger partial charge >= 0.3 is 0 Å². The summed E-state index contributed by atoms with van der Waals surface area (Å²) in [5.74, 6) is 0. The van der Waals surface area contributed by atoms with Gasteiger partial charge in [0.2, 0.25) is 0 Å². The third-order valence-corrected chi connectivity index (χ3v) is 3.35. The van der Waals surface area contributed by atoms with Crippen molar-refractivity contribution in [2.24, 2.45) is 0 Å². The van der Waals surface area contributed by atoms with Crippen LogP contribution in [-0.2, 0) is 0 Å². The SMILES string of the molecule is CCN(CC)c1ccc2ncc(C#N)c(NC)c2c1. The summed E-state index contributed by atoms with van der Waals surface area (Å²) < 4.78 is 0. The van der Waals surface area contributed by atoms with E-state index in [1.54, 1.807) is 6.20 Å². The van der Waals surface area contributed by atoms with Gasteiger partial charge in [-0.15, -0.1) is 0 Å². The maximum Gasteiger partial charge on any atom is 0.103 e. The lowest BCUT2D eigenvalue weighted by Gasteiger charge is -2.21. The number of nitriles is 1. The van der Waals surface area contributed by atoms with Crippen molar-refractivity contribution < 1.29 is 0 Å². The van der Waals surface area contributed by atoms with Crippen LogP contribution in [-0.4, -0.2) is 25.1 Å². The van der Waals surface area contributed by atoms with E-state index in [-0.39, 0.29) is 0 Å². The Hall–Kier alpha value is -2.28. The zero-order chi connectivity index (χ0) is 13.8. The van der Waals surface area contributed by atoms with Gasteiger partial charge in [-0.1, -0.05) is 0 Å². The Bertz CT molecular complexity index is 624. The van der Waals surface area contributed by atoms with Gasteiger partial charge in [0, 0.05) is 37.4 Å². The van der Waals surface area contributed by atoms with Crippen molar-refractivity contribution >= 4 is 22.3 Å². The molecule has 0 saturated carbocycles. The molecule has 0 aliphatic heterocycles. The Balaban J connectivity index is 2.66. The minimum Gasteiger partial charge on any atom is -0.386 e. The van der Waals surface area contributed by atoms with Crippen molar-refractivity contribution in [1.29, 1.82) is 5.26 Å². The molecular weight excluding hydrogens is 236 g/mol. The first-order chi connectivity index (χ1) is 9.24. The maximum atomic E-state index is 9.14. The van der Waals surface area contributed by atoms with Gasteiger partial charge in [0.15, 0.2) is 0 Å². The lowest BCUT2D eigenvalue weighted by Crippen LogP contribution is -2.21. The molecule has 98 valence electrons. The van der Waals surface area contributed by atoms with Crippen LogP contribution in [0.1, 0.15) is 19.4 Å². The average Bonchev–Trinajstić information content (AvgIpc) is 2.47. The zero-order valence-electron chi connectivity index (χ0n) is 11.6. The fraction of sp³-hybridized carbons (Fsp3) is 0.333. The second-order valence-electron chi connectivity index (χ2n) is 4.28. The van der Waals surface area contributed by atoms with E-state index in [4.69, 9.17) is 5.26 Å². The number of anilines is 2. The van der Waals surface area contributed by atoms with E-state index in [0.29, 0.717) is 5.56 Å². The Morgan fingerprint density at radius 1 is 1.32 bits per heavy atom. The highest BCUT2D eigenvalue weighted by molar-refractivity contribution is 5.95.